The van der Waals surface area contributed by atoms with Crippen molar-refractivity contribution in [2.24, 2.45) is 0 Å². The zero-order chi connectivity index (χ0) is 20.4. The molecule has 0 spiro atoms. The van der Waals surface area contributed by atoms with Crippen molar-refractivity contribution in [2.45, 2.75) is 12.8 Å². The largest absolute Gasteiger partial charge is 0.492 e. The summed E-state index contributed by atoms with van der Waals surface area (Å²) in [6, 6.07) is 6.92. The van der Waals surface area contributed by atoms with Crippen molar-refractivity contribution in [3.63, 3.8) is 0 Å². The second kappa shape index (κ2) is 7.83. The summed E-state index contributed by atoms with van der Waals surface area (Å²) in [5, 5.41) is 23.5. The number of nitrogens with one attached hydrogen (secondary N) is 2. The first-order valence-electron chi connectivity index (χ1n) is 8.42. The Kier molecular flexibility index (Phi) is 5.08. The third-order valence-electron chi connectivity index (χ3n) is 4.01. The second-order valence-electron chi connectivity index (χ2n) is 5.96. The van der Waals surface area contributed by atoms with E-state index in [4.69, 9.17) is 0 Å². The number of carbonyl (C=O) groups is 1. The lowest BCUT2D eigenvalue weighted by Crippen LogP contribution is -2.24. The van der Waals surface area contributed by atoms with Gasteiger partial charge in [-0.1, -0.05) is 6.07 Å². The number of aliphatic hydroxyl groups excluding tert-OH is 1. The van der Waals surface area contributed by atoms with E-state index in [-0.39, 0.29) is 29.6 Å². The molecule has 4 N–H and O–H groups in total. The molecule has 146 valence electrons. The first-order chi connectivity index (χ1) is 14.0. The SMILES string of the molecule is O=Cc1cnc(CN[C@H](O)c2cc3nc(-c4ccccn4)nc(O)c3s2)[nH]c1=O. The highest BCUT2D eigenvalue weighted by Crippen LogP contribution is 2.34. The highest BCUT2D eigenvalue weighted by atomic mass is 32.1. The van der Waals surface area contributed by atoms with Gasteiger partial charge in [0, 0.05) is 12.4 Å². The van der Waals surface area contributed by atoms with Crippen LogP contribution in [0, 0.1) is 0 Å². The van der Waals surface area contributed by atoms with Crippen LogP contribution >= 0.6 is 11.3 Å². The van der Waals surface area contributed by atoms with Gasteiger partial charge in [-0.15, -0.1) is 11.3 Å². The van der Waals surface area contributed by atoms with Crippen molar-refractivity contribution in [1.82, 2.24) is 30.2 Å². The Bertz CT molecular complexity index is 1240. The van der Waals surface area contributed by atoms with Gasteiger partial charge >= 0.3 is 0 Å². The summed E-state index contributed by atoms with van der Waals surface area (Å²) in [6.07, 6.45) is 2.10. The van der Waals surface area contributed by atoms with Crippen LogP contribution in [0.2, 0.25) is 0 Å². The van der Waals surface area contributed by atoms with Crippen LogP contribution in [0.4, 0.5) is 0 Å². The summed E-state index contributed by atoms with van der Waals surface area (Å²) in [6.45, 7) is 0.0562. The van der Waals surface area contributed by atoms with Gasteiger partial charge < -0.3 is 15.2 Å². The lowest BCUT2D eigenvalue weighted by molar-refractivity contribution is 0.112. The number of aromatic nitrogens is 5. The maximum atomic E-state index is 11.6. The lowest BCUT2D eigenvalue weighted by atomic mass is 10.3. The molecule has 0 saturated heterocycles. The minimum Gasteiger partial charge on any atom is -0.492 e. The normalized spacial score (nSPS) is 12.2. The third kappa shape index (κ3) is 3.87. The van der Waals surface area contributed by atoms with Gasteiger partial charge in [0.1, 0.15) is 22.4 Å². The van der Waals surface area contributed by atoms with E-state index in [1.807, 2.05) is 0 Å². The molecule has 0 unspecified atom stereocenters. The standard InChI is InChI=1S/C18H14N6O4S/c25-8-9-6-20-13(23-16(9)26)7-21-17(27)12-5-11-14(29-12)18(28)24-15(22-11)10-3-1-2-4-19-10/h1-6,8,17,21,27H,7H2,(H,20,23,26)(H,22,24,28)/t17-/m1/s1. The molecular formula is C18H14N6O4S. The Morgan fingerprint density at radius 2 is 2.14 bits per heavy atom. The van der Waals surface area contributed by atoms with Gasteiger partial charge in [-0.3, -0.25) is 19.9 Å². The zero-order valence-corrected chi connectivity index (χ0v) is 15.6. The van der Waals surface area contributed by atoms with Gasteiger partial charge in [-0.05, 0) is 18.2 Å². The number of aromatic hydroxyl groups is 1. The van der Waals surface area contributed by atoms with Gasteiger partial charge in [-0.2, -0.15) is 4.98 Å². The molecule has 0 saturated carbocycles. The molecule has 0 radical (unpaired) electrons. The van der Waals surface area contributed by atoms with E-state index in [1.54, 1.807) is 30.5 Å². The van der Waals surface area contributed by atoms with E-state index in [0.29, 0.717) is 27.1 Å². The van der Waals surface area contributed by atoms with Gasteiger partial charge in [0.25, 0.3) is 5.56 Å². The molecule has 10 nitrogen and oxygen atoms in total. The second-order valence-corrected chi connectivity index (χ2v) is 7.05. The third-order valence-corrected chi connectivity index (χ3v) is 5.18. The number of pyridine rings is 1. The number of thiophene rings is 1. The Hall–Kier alpha value is -3.54. The first-order valence-corrected chi connectivity index (χ1v) is 9.23. The Morgan fingerprint density at radius 3 is 2.86 bits per heavy atom. The van der Waals surface area contributed by atoms with Gasteiger partial charge in [0.15, 0.2) is 12.1 Å². The molecule has 0 aromatic carbocycles. The predicted octanol–water partition coefficient (Wildman–Crippen LogP) is 1.14. The van der Waals surface area contributed by atoms with Crippen molar-refractivity contribution in [3.8, 4) is 17.4 Å². The first kappa shape index (κ1) is 18.8. The van der Waals surface area contributed by atoms with Crippen molar-refractivity contribution in [3.05, 3.63) is 63.3 Å². The summed E-state index contributed by atoms with van der Waals surface area (Å²) in [7, 11) is 0. The summed E-state index contributed by atoms with van der Waals surface area (Å²) in [4.78, 5) is 41.8. The van der Waals surface area contributed by atoms with Crippen LogP contribution in [0.25, 0.3) is 21.7 Å². The molecule has 0 aliphatic rings. The van der Waals surface area contributed by atoms with Crippen molar-refractivity contribution in [2.75, 3.05) is 0 Å². The van der Waals surface area contributed by atoms with E-state index >= 15 is 0 Å². The Labute approximate surface area is 167 Å². The van der Waals surface area contributed by atoms with Crippen LogP contribution in [-0.4, -0.2) is 41.4 Å². The minimum atomic E-state index is -1.09. The fourth-order valence-corrected chi connectivity index (χ4v) is 3.53. The van der Waals surface area contributed by atoms with Crippen molar-refractivity contribution in [1.29, 1.82) is 0 Å². The number of H-pyrrole nitrogens is 1. The highest BCUT2D eigenvalue weighted by Gasteiger charge is 2.17. The van der Waals surface area contributed by atoms with Gasteiger partial charge in [0.05, 0.1) is 22.5 Å². The molecule has 4 rings (SSSR count). The molecule has 0 amide bonds. The fraction of sp³-hybridized carbons (Fsp3) is 0.111. The van der Waals surface area contributed by atoms with Crippen LogP contribution in [0.15, 0.2) is 41.5 Å². The van der Waals surface area contributed by atoms with E-state index < -0.39 is 11.8 Å². The summed E-state index contributed by atoms with van der Waals surface area (Å²) in [5.74, 6) is 0.342. The van der Waals surface area contributed by atoms with Gasteiger partial charge in [0.2, 0.25) is 5.88 Å². The number of fused-ring (bicyclic) bond motifs is 1. The number of aromatic amines is 1. The van der Waals surface area contributed by atoms with Crippen molar-refractivity contribution < 1.29 is 15.0 Å². The number of aldehydes is 1. The van der Waals surface area contributed by atoms with E-state index in [9.17, 15) is 19.8 Å². The van der Waals surface area contributed by atoms with Crippen LogP contribution < -0.4 is 10.9 Å². The zero-order valence-electron chi connectivity index (χ0n) is 14.7. The highest BCUT2D eigenvalue weighted by molar-refractivity contribution is 7.19. The number of hydrogen-bond donors (Lipinski definition) is 4. The van der Waals surface area contributed by atoms with Crippen LogP contribution in [0.1, 0.15) is 27.3 Å². The molecule has 11 heteroatoms. The Balaban J connectivity index is 1.56. The average Bonchev–Trinajstić information content (AvgIpc) is 3.18. The number of rotatable bonds is 6. The molecule has 0 aliphatic carbocycles. The molecule has 29 heavy (non-hydrogen) atoms. The van der Waals surface area contributed by atoms with Crippen LogP contribution in [-0.2, 0) is 6.54 Å². The van der Waals surface area contributed by atoms with E-state index in [0.717, 1.165) is 11.3 Å². The van der Waals surface area contributed by atoms with Gasteiger partial charge in [-0.25, -0.2) is 9.97 Å². The molecule has 4 aromatic heterocycles. The molecule has 0 aliphatic heterocycles. The maximum Gasteiger partial charge on any atom is 0.261 e. The molecule has 0 bridgehead atoms. The number of aliphatic hydroxyl groups is 1. The monoisotopic (exact) mass is 410 g/mol. The van der Waals surface area contributed by atoms with Crippen LogP contribution in [0.5, 0.6) is 5.88 Å². The van der Waals surface area contributed by atoms with E-state index in [1.165, 1.54) is 6.20 Å². The predicted molar refractivity (Wildman–Crippen MR) is 104 cm³/mol. The molecule has 0 fully saturated rings. The smallest absolute Gasteiger partial charge is 0.261 e. The summed E-state index contributed by atoms with van der Waals surface area (Å²) < 4.78 is 0.433. The average molecular weight is 410 g/mol. The fourth-order valence-electron chi connectivity index (χ4n) is 2.59. The molecular weight excluding hydrogens is 396 g/mol. The molecule has 4 aromatic rings. The molecule has 1 atom stereocenters. The Morgan fingerprint density at radius 1 is 1.28 bits per heavy atom. The quantitative estimate of drug-likeness (QED) is 0.270. The minimum absolute atomic E-state index is 0.0562. The lowest BCUT2D eigenvalue weighted by Gasteiger charge is -2.10. The summed E-state index contributed by atoms with van der Waals surface area (Å²) in [5.41, 5.74) is 0.368. The van der Waals surface area contributed by atoms with Crippen molar-refractivity contribution >= 4 is 27.8 Å². The van der Waals surface area contributed by atoms with E-state index in [2.05, 4.69) is 30.2 Å². The van der Waals surface area contributed by atoms with Crippen LogP contribution in [0.3, 0.4) is 0 Å². The number of hydrogen-bond acceptors (Lipinski definition) is 10. The topological polar surface area (TPSA) is 154 Å². The summed E-state index contributed by atoms with van der Waals surface area (Å²) >= 11 is 1.13. The number of nitrogens with zero attached hydrogens (tertiary/aromatic N) is 4. The number of carbonyl (C=O) groups excluding carboxylic acids is 1. The maximum absolute atomic E-state index is 11.6. The molecule has 4 heterocycles.